The maximum Gasteiger partial charge on any atom is 0.316 e. The van der Waals surface area contributed by atoms with Gasteiger partial charge in [-0.2, -0.15) is 0 Å². The number of hydrogen-bond donors (Lipinski definition) is 3. The number of carboxylic acid groups (broad SMARTS) is 1. The van der Waals surface area contributed by atoms with E-state index in [4.69, 9.17) is 10.8 Å². The summed E-state index contributed by atoms with van der Waals surface area (Å²) in [6.45, 7) is 12.3. The number of benzene rings is 1. The first-order valence-corrected chi connectivity index (χ1v) is 9.24. The maximum absolute atomic E-state index is 11.5. The lowest BCUT2D eigenvalue weighted by atomic mass is 9.97. The number of nitrogens with two attached hydrogens (primary N) is 1. The summed E-state index contributed by atoms with van der Waals surface area (Å²) in [7, 11) is 0. The number of amides is 2. The molecule has 0 fully saturated rings. The molecule has 1 rings (SSSR count). The molecule has 0 aliphatic heterocycles. The van der Waals surface area contributed by atoms with E-state index >= 15 is 0 Å². The zero-order chi connectivity index (χ0) is 19.9. The number of carbonyl (C=O) groups is 2. The fourth-order valence-corrected chi connectivity index (χ4v) is 3.14. The minimum Gasteiger partial charge on any atom is -0.481 e. The molecule has 26 heavy (non-hydrogen) atoms. The third kappa shape index (κ3) is 7.76. The van der Waals surface area contributed by atoms with Gasteiger partial charge in [-0.1, -0.05) is 40.7 Å². The molecule has 0 aromatic heterocycles. The normalized spacial score (nSPS) is 12.3. The Morgan fingerprint density at radius 1 is 1.12 bits per heavy atom. The van der Waals surface area contributed by atoms with Crippen LogP contribution in [0.4, 0.5) is 16.2 Å². The van der Waals surface area contributed by atoms with Crippen LogP contribution in [0.25, 0.3) is 0 Å². The number of carboxylic acids is 1. The lowest BCUT2D eigenvalue weighted by molar-refractivity contribution is -0.137. The van der Waals surface area contributed by atoms with Crippen LogP contribution in [0.2, 0.25) is 0 Å². The average Bonchev–Trinajstić information content (AvgIpc) is 2.44. The van der Waals surface area contributed by atoms with Crippen LogP contribution in [0.5, 0.6) is 0 Å². The van der Waals surface area contributed by atoms with E-state index in [0.29, 0.717) is 23.9 Å². The molecule has 6 heteroatoms. The minimum absolute atomic E-state index is 0.0159. The van der Waals surface area contributed by atoms with Crippen molar-refractivity contribution in [3.8, 4) is 0 Å². The van der Waals surface area contributed by atoms with Crippen LogP contribution in [0.1, 0.15) is 46.6 Å². The van der Waals surface area contributed by atoms with Gasteiger partial charge in [0.25, 0.3) is 0 Å². The second-order valence-electron chi connectivity index (χ2n) is 7.94. The van der Waals surface area contributed by atoms with E-state index in [9.17, 15) is 9.59 Å². The lowest BCUT2D eigenvalue weighted by Crippen LogP contribution is -2.32. The summed E-state index contributed by atoms with van der Waals surface area (Å²) in [5.74, 6) is 0.169. The molecule has 1 atom stereocenters. The Labute approximate surface area is 156 Å². The number of nitrogens with zero attached hydrogens (tertiary/aromatic N) is 1. The monoisotopic (exact) mass is 363 g/mol. The van der Waals surface area contributed by atoms with Crippen LogP contribution >= 0.6 is 0 Å². The highest BCUT2D eigenvalue weighted by atomic mass is 16.4. The third-order valence-corrected chi connectivity index (χ3v) is 3.94. The molecule has 0 saturated heterocycles. The number of primary amides is 1. The van der Waals surface area contributed by atoms with Crippen molar-refractivity contribution < 1.29 is 14.7 Å². The summed E-state index contributed by atoms with van der Waals surface area (Å²) < 4.78 is 0. The highest BCUT2D eigenvalue weighted by Gasteiger charge is 2.17. The Balaban J connectivity index is 3.15. The van der Waals surface area contributed by atoms with Crippen LogP contribution in [0, 0.1) is 17.8 Å². The van der Waals surface area contributed by atoms with Gasteiger partial charge in [0.1, 0.15) is 0 Å². The van der Waals surface area contributed by atoms with E-state index in [-0.39, 0.29) is 12.3 Å². The van der Waals surface area contributed by atoms with Gasteiger partial charge in [0.2, 0.25) is 0 Å². The number of carbonyl (C=O) groups excluding carboxylic acids is 1. The summed E-state index contributed by atoms with van der Waals surface area (Å²) >= 11 is 0. The molecule has 1 aromatic rings. The molecule has 1 aromatic carbocycles. The standard InChI is InChI=1S/C20H33N3O3/c1-13(2)11-23(12-14(3)4)18-7-6-16(8-15(5)9-19(24)25)10-17(18)22-20(21)26/h6-7,10,13-15H,8-9,11-12H2,1-5H3,(H,24,25)(H3,21,22,26). The second-order valence-corrected chi connectivity index (χ2v) is 7.94. The molecule has 2 amide bonds. The molecule has 0 heterocycles. The summed E-state index contributed by atoms with van der Waals surface area (Å²) in [6.07, 6.45) is 0.752. The van der Waals surface area contributed by atoms with Gasteiger partial charge in [0, 0.05) is 19.5 Å². The Hall–Kier alpha value is -2.24. The van der Waals surface area contributed by atoms with E-state index in [1.54, 1.807) is 0 Å². The first kappa shape index (κ1) is 21.8. The van der Waals surface area contributed by atoms with Gasteiger partial charge >= 0.3 is 12.0 Å². The van der Waals surface area contributed by atoms with E-state index in [1.807, 2.05) is 25.1 Å². The summed E-state index contributed by atoms with van der Waals surface area (Å²) in [5.41, 5.74) is 7.98. The smallest absolute Gasteiger partial charge is 0.316 e. The number of nitrogens with one attached hydrogen (secondary N) is 1. The third-order valence-electron chi connectivity index (χ3n) is 3.94. The average molecular weight is 364 g/mol. The first-order valence-electron chi connectivity index (χ1n) is 9.24. The zero-order valence-electron chi connectivity index (χ0n) is 16.6. The van der Waals surface area contributed by atoms with Crippen LogP contribution in [-0.4, -0.2) is 30.2 Å². The molecule has 1 unspecified atom stereocenters. The van der Waals surface area contributed by atoms with Crippen molar-refractivity contribution >= 4 is 23.4 Å². The number of rotatable bonds is 10. The number of anilines is 2. The number of hydrogen-bond acceptors (Lipinski definition) is 3. The van der Waals surface area contributed by atoms with Gasteiger partial charge in [-0.05, 0) is 41.9 Å². The highest BCUT2D eigenvalue weighted by molar-refractivity contribution is 5.92. The van der Waals surface area contributed by atoms with Gasteiger partial charge in [-0.15, -0.1) is 0 Å². The molecule has 146 valence electrons. The molecule has 0 bridgehead atoms. The Morgan fingerprint density at radius 2 is 1.69 bits per heavy atom. The van der Waals surface area contributed by atoms with Gasteiger partial charge in [-0.25, -0.2) is 4.79 Å². The quantitative estimate of drug-likeness (QED) is 0.586. The molecule has 0 aliphatic rings. The van der Waals surface area contributed by atoms with Gasteiger partial charge < -0.3 is 21.1 Å². The van der Waals surface area contributed by atoms with Gasteiger partial charge in [0.15, 0.2) is 0 Å². The van der Waals surface area contributed by atoms with Crippen LogP contribution in [0.3, 0.4) is 0 Å². The SMILES string of the molecule is CC(C)CN(CC(C)C)c1ccc(CC(C)CC(=O)O)cc1NC(N)=O. The highest BCUT2D eigenvalue weighted by Crippen LogP contribution is 2.30. The van der Waals surface area contributed by atoms with E-state index in [1.165, 1.54) is 0 Å². The van der Waals surface area contributed by atoms with Crippen molar-refractivity contribution in [3.05, 3.63) is 23.8 Å². The molecular formula is C20H33N3O3. The van der Waals surface area contributed by atoms with E-state index < -0.39 is 12.0 Å². The zero-order valence-corrected chi connectivity index (χ0v) is 16.6. The van der Waals surface area contributed by atoms with Crippen molar-refractivity contribution in [1.29, 1.82) is 0 Å². The van der Waals surface area contributed by atoms with Crippen molar-refractivity contribution in [2.24, 2.45) is 23.5 Å². The predicted molar refractivity (Wildman–Crippen MR) is 107 cm³/mol. The predicted octanol–water partition coefficient (Wildman–Crippen LogP) is 3.95. The van der Waals surface area contributed by atoms with E-state index in [0.717, 1.165) is 24.3 Å². The van der Waals surface area contributed by atoms with Crippen molar-refractivity contribution in [2.45, 2.75) is 47.5 Å². The first-order chi connectivity index (χ1) is 12.1. The fraction of sp³-hybridized carbons (Fsp3) is 0.600. The largest absolute Gasteiger partial charge is 0.481 e. The van der Waals surface area contributed by atoms with Gasteiger partial charge in [0.05, 0.1) is 11.4 Å². The molecule has 0 spiro atoms. The Kier molecular flexibility index (Phi) is 8.42. The maximum atomic E-state index is 11.5. The number of urea groups is 1. The second kappa shape index (κ2) is 10.0. The summed E-state index contributed by atoms with van der Waals surface area (Å²) in [4.78, 5) is 24.6. The Bertz CT molecular complexity index is 604. The summed E-state index contributed by atoms with van der Waals surface area (Å²) in [6, 6.07) is 5.31. The molecular weight excluding hydrogens is 330 g/mol. The van der Waals surface area contributed by atoms with Crippen molar-refractivity contribution in [3.63, 3.8) is 0 Å². The summed E-state index contributed by atoms with van der Waals surface area (Å²) in [5, 5.41) is 11.7. The van der Waals surface area contributed by atoms with Crippen LogP contribution in [0.15, 0.2) is 18.2 Å². The molecule has 4 N–H and O–H groups in total. The van der Waals surface area contributed by atoms with Crippen LogP contribution < -0.4 is 16.0 Å². The fourth-order valence-electron chi connectivity index (χ4n) is 3.14. The van der Waals surface area contributed by atoms with Crippen molar-refractivity contribution in [2.75, 3.05) is 23.3 Å². The molecule has 0 aliphatic carbocycles. The minimum atomic E-state index is -0.801. The van der Waals surface area contributed by atoms with E-state index in [2.05, 4.69) is 37.9 Å². The van der Waals surface area contributed by atoms with Crippen LogP contribution in [-0.2, 0) is 11.2 Å². The Morgan fingerprint density at radius 3 is 2.15 bits per heavy atom. The lowest BCUT2D eigenvalue weighted by Gasteiger charge is -2.30. The molecule has 0 radical (unpaired) electrons. The topological polar surface area (TPSA) is 95.7 Å². The van der Waals surface area contributed by atoms with Gasteiger partial charge in [-0.3, -0.25) is 4.79 Å². The van der Waals surface area contributed by atoms with Crippen molar-refractivity contribution in [1.82, 2.24) is 0 Å². The number of aliphatic carboxylic acids is 1. The molecule has 6 nitrogen and oxygen atoms in total. The molecule has 0 saturated carbocycles.